The summed E-state index contributed by atoms with van der Waals surface area (Å²) in [6.45, 7) is 0. The van der Waals surface area contributed by atoms with Crippen LogP contribution in [0, 0.1) is 0 Å². The van der Waals surface area contributed by atoms with Crippen LogP contribution in [0.1, 0.15) is 22.3 Å². The molecular weight excluding hydrogens is 544 g/mol. The standard InChI is InChI=1S/C43H28N2/c1-6-19-37-31(14-1)32-15-2-7-20-38(32)43(37)39-21-8-3-16-33(39)34-25-24-29(27-40(34)43)44-28-12-11-13-30(26-28)45-41-22-9-4-17-35(41)36-18-5-10-23-42(36)45/h1-27,44H. The average molecular weight is 573 g/mol. The zero-order valence-corrected chi connectivity index (χ0v) is 24.5. The Morgan fingerprint density at radius 3 is 1.47 bits per heavy atom. The van der Waals surface area contributed by atoms with E-state index in [0.717, 1.165) is 17.1 Å². The highest BCUT2D eigenvalue weighted by molar-refractivity contribution is 6.09. The predicted molar refractivity (Wildman–Crippen MR) is 187 cm³/mol. The zero-order valence-electron chi connectivity index (χ0n) is 24.5. The van der Waals surface area contributed by atoms with Crippen molar-refractivity contribution in [1.82, 2.24) is 4.57 Å². The number of hydrogen-bond donors (Lipinski definition) is 1. The third-order valence-corrected chi connectivity index (χ3v) is 9.97. The summed E-state index contributed by atoms with van der Waals surface area (Å²) in [5, 5.41) is 6.34. The molecule has 0 aliphatic heterocycles. The summed E-state index contributed by atoms with van der Waals surface area (Å²) >= 11 is 0. The minimum absolute atomic E-state index is 0.346. The Morgan fingerprint density at radius 2 is 0.867 bits per heavy atom. The molecule has 7 aromatic carbocycles. The van der Waals surface area contributed by atoms with Gasteiger partial charge in [-0.1, -0.05) is 121 Å². The quantitative estimate of drug-likeness (QED) is 0.223. The lowest BCUT2D eigenvalue weighted by atomic mass is 9.70. The fraction of sp³-hybridized carbons (Fsp3) is 0.0233. The van der Waals surface area contributed by atoms with E-state index in [2.05, 4.69) is 174 Å². The van der Waals surface area contributed by atoms with Crippen LogP contribution in [0.25, 0.3) is 49.7 Å². The maximum absolute atomic E-state index is 3.80. The van der Waals surface area contributed by atoms with Crippen LogP contribution in [0.5, 0.6) is 0 Å². The number of aromatic nitrogens is 1. The highest BCUT2D eigenvalue weighted by atomic mass is 15.0. The Bertz CT molecular complexity index is 2360. The lowest BCUT2D eigenvalue weighted by Gasteiger charge is -2.30. The first-order valence-corrected chi connectivity index (χ1v) is 15.6. The molecule has 0 fully saturated rings. The largest absolute Gasteiger partial charge is 0.355 e. The van der Waals surface area contributed by atoms with Gasteiger partial charge in [0.25, 0.3) is 0 Å². The second-order valence-corrected chi connectivity index (χ2v) is 12.2. The minimum Gasteiger partial charge on any atom is -0.355 e. The monoisotopic (exact) mass is 572 g/mol. The van der Waals surface area contributed by atoms with Gasteiger partial charge < -0.3 is 9.88 Å². The Kier molecular flexibility index (Phi) is 4.95. The molecule has 210 valence electrons. The highest BCUT2D eigenvalue weighted by Crippen LogP contribution is 2.62. The Morgan fingerprint density at radius 1 is 0.378 bits per heavy atom. The number of benzene rings is 7. The molecule has 10 rings (SSSR count). The fourth-order valence-electron chi connectivity index (χ4n) is 8.26. The first kappa shape index (κ1) is 24.6. The van der Waals surface area contributed by atoms with Crippen molar-refractivity contribution >= 4 is 33.2 Å². The van der Waals surface area contributed by atoms with Crippen molar-refractivity contribution in [2.45, 2.75) is 5.41 Å². The van der Waals surface area contributed by atoms with Gasteiger partial charge in [0.05, 0.1) is 16.4 Å². The zero-order chi connectivity index (χ0) is 29.5. The van der Waals surface area contributed by atoms with Crippen LogP contribution in [-0.2, 0) is 5.41 Å². The van der Waals surface area contributed by atoms with Crippen molar-refractivity contribution in [3.63, 3.8) is 0 Å². The van der Waals surface area contributed by atoms with Crippen LogP contribution in [0.15, 0.2) is 164 Å². The second kappa shape index (κ2) is 9.07. The molecule has 0 amide bonds. The lowest BCUT2D eigenvalue weighted by Crippen LogP contribution is -2.25. The van der Waals surface area contributed by atoms with Crippen molar-refractivity contribution in [1.29, 1.82) is 0 Å². The van der Waals surface area contributed by atoms with Crippen LogP contribution in [0.3, 0.4) is 0 Å². The fourth-order valence-corrected chi connectivity index (χ4v) is 8.26. The molecule has 0 atom stereocenters. The Balaban J connectivity index is 1.14. The number of rotatable bonds is 3. The van der Waals surface area contributed by atoms with Crippen LogP contribution in [0.4, 0.5) is 11.4 Å². The molecule has 1 N–H and O–H groups in total. The maximum Gasteiger partial charge on any atom is 0.0726 e. The summed E-state index contributed by atoms with van der Waals surface area (Å²) in [5.74, 6) is 0. The van der Waals surface area contributed by atoms with Gasteiger partial charge in [-0.3, -0.25) is 0 Å². The summed E-state index contributed by atoms with van der Waals surface area (Å²) < 4.78 is 2.37. The van der Waals surface area contributed by atoms with Gasteiger partial charge in [0.15, 0.2) is 0 Å². The van der Waals surface area contributed by atoms with Crippen molar-refractivity contribution in [3.8, 4) is 27.9 Å². The molecule has 2 aliphatic rings. The van der Waals surface area contributed by atoms with Gasteiger partial charge in [0.1, 0.15) is 0 Å². The molecule has 0 radical (unpaired) electrons. The van der Waals surface area contributed by atoms with Crippen molar-refractivity contribution in [2.24, 2.45) is 0 Å². The van der Waals surface area contributed by atoms with E-state index >= 15 is 0 Å². The minimum atomic E-state index is -0.346. The lowest BCUT2D eigenvalue weighted by molar-refractivity contribution is 0.794. The summed E-state index contributed by atoms with van der Waals surface area (Å²) in [5.41, 5.74) is 16.1. The van der Waals surface area contributed by atoms with Crippen LogP contribution in [0.2, 0.25) is 0 Å². The number of hydrogen-bond acceptors (Lipinski definition) is 1. The Labute approximate surface area is 261 Å². The van der Waals surface area contributed by atoms with E-state index in [-0.39, 0.29) is 5.41 Å². The van der Waals surface area contributed by atoms with Gasteiger partial charge in [-0.05, 0) is 87.0 Å². The molecule has 1 heterocycles. The van der Waals surface area contributed by atoms with Gasteiger partial charge in [-0.2, -0.15) is 0 Å². The SMILES string of the molecule is c1cc(Nc2ccc3c(c2)C2(c4ccccc4-c4ccccc42)c2ccccc2-3)cc(-n2c3ccccc3c3ccccc32)c1. The summed E-state index contributed by atoms with van der Waals surface area (Å²) in [6.07, 6.45) is 0. The molecule has 2 heteroatoms. The molecule has 0 unspecified atom stereocenters. The molecule has 1 aromatic heterocycles. The van der Waals surface area contributed by atoms with Crippen molar-refractivity contribution < 1.29 is 0 Å². The van der Waals surface area contributed by atoms with E-state index in [9.17, 15) is 0 Å². The van der Waals surface area contributed by atoms with E-state index in [4.69, 9.17) is 0 Å². The van der Waals surface area contributed by atoms with Gasteiger partial charge >= 0.3 is 0 Å². The number of para-hydroxylation sites is 2. The second-order valence-electron chi connectivity index (χ2n) is 12.2. The van der Waals surface area contributed by atoms with Gasteiger partial charge in [-0.25, -0.2) is 0 Å². The summed E-state index contributed by atoms with van der Waals surface area (Å²) in [7, 11) is 0. The van der Waals surface area contributed by atoms with Crippen molar-refractivity contribution in [2.75, 3.05) is 5.32 Å². The molecule has 45 heavy (non-hydrogen) atoms. The molecule has 0 bridgehead atoms. The van der Waals surface area contributed by atoms with Gasteiger partial charge in [-0.15, -0.1) is 0 Å². The highest BCUT2D eigenvalue weighted by Gasteiger charge is 2.51. The predicted octanol–water partition coefficient (Wildman–Crippen LogP) is 10.9. The third kappa shape index (κ3) is 3.23. The van der Waals surface area contributed by atoms with E-state index in [1.807, 2.05) is 0 Å². The van der Waals surface area contributed by atoms with Gasteiger partial charge in [0.2, 0.25) is 0 Å². The third-order valence-electron chi connectivity index (χ3n) is 9.97. The van der Waals surface area contributed by atoms with Crippen molar-refractivity contribution in [3.05, 3.63) is 186 Å². The first-order valence-electron chi connectivity index (χ1n) is 15.6. The molecule has 0 saturated carbocycles. The molecule has 2 aliphatic carbocycles. The average Bonchev–Trinajstić information content (AvgIpc) is 3.70. The van der Waals surface area contributed by atoms with E-state index in [0.29, 0.717) is 0 Å². The van der Waals surface area contributed by atoms with E-state index in [1.165, 1.54) is 66.3 Å². The number of fused-ring (bicyclic) bond motifs is 13. The van der Waals surface area contributed by atoms with E-state index in [1.54, 1.807) is 0 Å². The number of nitrogens with one attached hydrogen (secondary N) is 1. The molecule has 0 saturated heterocycles. The van der Waals surface area contributed by atoms with Crippen LogP contribution in [-0.4, -0.2) is 4.57 Å². The topological polar surface area (TPSA) is 17.0 Å². The van der Waals surface area contributed by atoms with Gasteiger partial charge in [0, 0.05) is 27.8 Å². The summed E-state index contributed by atoms with van der Waals surface area (Å²) in [6, 6.07) is 60.0. The molecule has 8 aromatic rings. The maximum atomic E-state index is 3.80. The van der Waals surface area contributed by atoms with Crippen LogP contribution >= 0.6 is 0 Å². The number of nitrogens with zero attached hydrogens (tertiary/aromatic N) is 1. The number of anilines is 2. The molecule has 1 spiro atoms. The smallest absolute Gasteiger partial charge is 0.0726 e. The van der Waals surface area contributed by atoms with E-state index < -0.39 is 0 Å². The Hall–Kier alpha value is -5.86. The summed E-state index contributed by atoms with van der Waals surface area (Å²) in [4.78, 5) is 0. The molecular formula is C43H28N2. The van der Waals surface area contributed by atoms with Crippen LogP contribution < -0.4 is 5.32 Å². The molecule has 2 nitrogen and oxygen atoms in total. The first-order chi connectivity index (χ1) is 22.3. The normalized spacial score (nSPS) is 13.5.